The quantitative estimate of drug-likeness (QED) is 0.394. The molecule has 2 rings (SSSR count). The van der Waals surface area contributed by atoms with Crippen molar-refractivity contribution in [2.75, 3.05) is 12.9 Å². The van der Waals surface area contributed by atoms with E-state index in [0.717, 1.165) is 30.9 Å². The fourth-order valence-electron chi connectivity index (χ4n) is 2.65. The van der Waals surface area contributed by atoms with Crippen LogP contribution in [-0.2, 0) is 38.1 Å². The number of nitrogens with zero attached hydrogens (tertiary/aromatic N) is 2. The van der Waals surface area contributed by atoms with E-state index in [1.165, 1.54) is 0 Å². The summed E-state index contributed by atoms with van der Waals surface area (Å²) in [5.41, 5.74) is -2.41. The third-order valence-corrected chi connectivity index (χ3v) is 4.26. The monoisotopic (exact) mass is 431 g/mol. The summed E-state index contributed by atoms with van der Waals surface area (Å²) in [6, 6.07) is 1.58. The van der Waals surface area contributed by atoms with Crippen LogP contribution in [0.15, 0.2) is 15.8 Å². The molecule has 0 aromatic carbocycles. The van der Waals surface area contributed by atoms with Gasteiger partial charge in [-0.25, -0.2) is 4.79 Å². The molecule has 1 aromatic rings. The van der Waals surface area contributed by atoms with Crippen LogP contribution < -0.4 is 11.2 Å². The van der Waals surface area contributed by atoms with E-state index in [1.54, 1.807) is 6.07 Å². The Hall–Kier alpha value is -3.02. The van der Waals surface area contributed by atoms with Crippen molar-refractivity contribution in [3.8, 4) is 6.07 Å². The Kier molecular flexibility index (Phi) is 6.57. The fourth-order valence-corrected chi connectivity index (χ4v) is 3.29. The molecule has 0 amide bonds. The number of carbonyl (C=O) groups excluding carboxylic acids is 2. The lowest BCUT2D eigenvalue weighted by atomic mass is 10.1. The number of hydrogen-bond donors (Lipinski definition) is 1. The second-order valence-corrected chi connectivity index (χ2v) is 7.63. The minimum Gasteiger partial charge on any atom is -0.463 e. The molecular formula is C15H17N3O10S. The molecule has 14 heteroatoms. The molecule has 0 aliphatic carbocycles. The minimum absolute atomic E-state index is 0.446. The van der Waals surface area contributed by atoms with Gasteiger partial charge in [-0.15, -0.1) is 0 Å². The zero-order valence-electron chi connectivity index (χ0n) is 15.5. The third kappa shape index (κ3) is 5.50. The van der Waals surface area contributed by atoms with Gasteiger partial charge in [-0.2, -0.15) is 13.7 Å². The third-order valence-electron chi connectivity index (χ3n) is 3.69. The summed E-state index contributed by atoms with van der Waals surface area (Å²) in [5.74, 6) is -1.55. The Balaban J connectivity index is 2.56. The van der Waals surface area contributed by atoms with Gasteiger partial charge in [0.15, 0.2) is 12.3 Å². The number of carbonyl (C=O) groups is 2. The zero-order valence-corrected chi connectivity index (χ0v) is 16.3. The molecule has 1 fully saturated rings. The number of aromatic amines is 1. The first-order valence-electron chi connectivity index (χ1n) is 8.03. The zero-order chi connectivity index (χ0) is 21.9. The van der Waals surface area contributed by atoms with Crippen molar-refractivity contribution in [2.24, 2.45) is 0 Å². The first-order valence-corrected chi connectivity index (χ1v) is 9.84. The largest absolute Gasteiger partial charge is 0.463 e. The van der Waals surface area contributed by atoms with E-state index in [-0.39, 0.29) is 0 Å². The van der Waals surface area contributed by atoms with Crippen molar-refractivity contribution in [3.63, 3.8) is 0 Å². The Bertz CT molecular complexity index is 1070. The number of rotatable bonds is 6. The van der Waals surface area contributed by atoms with Gasteiger partial charge >= 0.3 is 17.6 Å². The fraction of sp³-hybridized carbons (Fsp3) is 0.533. The summed E-state index contributed by atoms with van der Waals surface area (Å²) in [6.07, 6.45) is -4.10. The van der Waals surface area contributed by atoms with E-state index in [1.807, 2.05) is 4.98 Å². The van der Waals surface area contributed by atoms with Crippen LogP contribution in [0, 0.1) is 11.3 Å². The first kappa shape index (κ1) is 22.3. The van der Waals surface area contributed by atoms with Gasteiger partial charge in [0.05, 0.1) is 6.26 Å². The molecule has 0 spiro atoms. The molecule has 13 nitrogen and oxygen atoms in total. The Morgan fingerprint density at radius 3 is 2.45 bits per heavy atom. The van der Waals surface area contributed by atoms with Gasteiger partial charge in [0.2, 0.25) is 0 Å². The van der Waals surface area contributed by atoms with Crippen LogP contribution in [0.3, 0.4) is 0 Å². The van der Waals surface area contributed by atoms with Crippen LogP contribution in [0.2, 0.25) is 0 Å². The van der Waals surface area contributed by atoms with Crippen molar-refractivity contribution < 1.29 is 36.4 Å². The number of ether oxygens (including phenoxy) is 3. The van der Waals surface area contributed by atoms with Crippen LogP contribution in [0.25, 0.3) is 0 Å². The van der Waals surface area contributed by atoms with E-state index in [4.69, 9.17) is 23.7 Å². The smallest absolute Gasteiger partial charge is 0.330 e. The summed E-state index contributed by atoms with van der Waals surface area (Å²) in [5, 5.41) is 9.02. The summed E-state index contributed by atoms with van der Waals surface area (Å²) < 4.78 is 44.6. The van der Waals surface area contributed by atoms with Crippen LogP contribution in [0.5, 0.6) is 0 Å². The van der Waals surface area contributed by atoms with Gasteiger partial charge in [-0.05, 0) is 0 Å². The summed E-state index contributed by atoms with van der Waals surface area (Å²) >= 11 is 0. The van der Waals surface area contributed by atoms with Crippen LogP contribution >= 0.6 is 0 Å². The van der Waals surface area contributed by atoms with Crippen LogP contribution in [-0.4, -0.2) is 61.1 Å². The molecule has 0 bridgehead atoms. The lowest BCUT2D eigenvalue weighted by molar-refractivity contribution is -0.155. The minimum atomic E-state index is -4.09. The van der Waals surface area contributed by atoms with Crippen molar-refractivity contribution in [1.82, 2.24) is 9.55 Å². The molecule has 1 aliphatic rings. The molecule has 4 atom stereocenters. The SMILES string of the molecule is CC(=O)OC[C@H]1O[C@@H](n2cc(C#N)c(=O)[nH]c2=O)[C@H](OC(C)=O)[C@H]1OS(C)(=O)=O. The Morgan fingerprint density at radius 1 is 1.28 bits per heavy atom. The number of H-pyrrole nitrogens is 1. The van der Waals surface area contributed by atoms with Crippen molar-refractivity contribution >= 4 is 22.1 Å². The van der Waals surface area contributed by atoms with Gasteiger partial charge in [0, 0.05) is 20.0 Å². The molecule has 1 N–H and O–H groups in total. The van der Waals surface area contributed by atoms with Crippen molar-refractivity contribution in [3.05, 3.63) is 32.6 Å². The Morgan fingerprint density at radius 2 is 1.93 bits per heavy atom. The molecule has 1 aliphatic heterocycles. The second kappa shape index (κ2) is 8.55. The normalized spacial score (nSPS) is 23.9. The number of aromatic nitrogens is 2. The van der Waals surface area contributed by atoms with Gasteiger partial charge < -0.3 is 14.2 Å². The highest BCUT2D eigenvalue weighted by Crippen LogP contribution is 2.34. The summed E-state index contributed by atoms with van der Waals surface area (Å²) in [7, 11) is -4.09. The summed E-state index contributed by atoms with van der Waals surface area (Å²) in [6.45, 7) is 1.66. The lowest BCUT2D eigenvalue weighted by Gasteiger charge is -2.23. The van der Waals surface area contributed by atoms with E-state index in [0.29, 0.717) is 0 Å². The standard InChI is InChI=1S/C15H17N3O10S/c1-7(19)25-6-10-11(28-29(3,23)24)12(26-8(2)20)14(27-10)18-5-9(4-16)13(21)17-15(18)22/h5,10-12,14H,6H2,1-3H3,(H,17,21,22)/t10-,11+,12-,14-/m1/s1. The maximum absolute atomic E-state index is 12.2. The lowest BCUT2D eigenvalue weighted by Crippen LogP contribution is -2.42. The highest BCUT2D eigenvalue weighted by Gasteiger charge is 2.51. The van der Waals surface area contributed by atoms with Gasteiger partial charge in [-0.3, -0.25) is 28.1 Å². The molecule has 0 unspecified atom stereocenters. The van der Waals surface area contributed by atoms with Crippen molar-refractivity contribution in [1.29, 1.82) is 5.26 Å². The average Bonchev–Trinajstić information content (AvgIpc) is 2.88. The van der Waals surface area contributed by atoms with Gasteiger partial charge in [-0.1, -0.05) is 0 Å². The first-order chi connectivity index (χ1) is 13.4. The highest BCUT2D eigenvalue weighted by atomic mass is 32.2. The molecule has 0 radical (unpaired) electrons. The number of hydrogen-bond acceptors (Lipinski definition) is 11. The van der Waals surface area contributed by atoms with E-state index in [2.05, 4.69) is 0 Å². The second-order valence-electron chi connectivity index (χ2n) is 6.03. The van der Waals surface area contributed by atoms with E-state index < -0.39 is 70.0 Å². The number of nitrogens with one attached hydrogen (secondary N) is 1. The predicted octanol–water partition coefficient (Wildman–Crippen LogP) is -1.85. The number of esters is 2. The molecule has 158 valence electrons. The molecule has 29 heavy (non-hydrogen) atoms. The maximum Gasteiger partial charge on any atom is 0.330 e. The molecular weight excluding hydrogens is 414 g/mol. The van der Waals surface area contributed by atoms with Crippen LogP contribution in [0.4, 0.5) is 0 Å². The summed E-state index contributed by atoms with van der Waals surface area (Å²) in [4.78, 5) is 48.4. The Labute approximate surface area is 163 Å². The van der Waals surface area contributed by atoms with Gasteiger partial charge in [0.1, 0.15) is 30.4 Å². The topological polar surface area (TPSA) is 184 Å². The average molecular weight is 431 g/mol. The van der Waals surface area contributed by atoms with Crippen molar-refractivity contribution in [2.45, 2.75) is 38.4 Å². The highest BCUT2D eigenvalue weighted by molar-refractivity contribution is 7.86. The molecule has 1 saturated heterocycles. The number of nitriles is 1. The molecule has 2 heterocycles. The van der Waals surface area contributed by atoms with Gasteiger partial charge in [0.25, 0.3) is 15.7 Å². The predicted molar refractivity (Wildman–Crippen MR) is 91.9 cm³/mol. The molecule has 0 saturated carbocycles. The van der Waals surface area contributed by atoms with E-state index in [9.17, 15) is 27.6 Å². The molecule has 1 aromatic heterocycles. The van der Waals surface area contributed by atoms with Crippen LogP contribution in [0.1, 0.15) is 25.6 Å². The van der Waals surface area contributed by atoms with E-state index >= 15 is 0 Å². The maximum atomic E-state index is 12.2.